The predicted octanol–water partition coefficient (Wildman–Crippen LogP) is 4.70. The van der Waals surface area contributed by atoms with Crippen molar-refractivity contribution < 1.29 is 0 Å². The second-order valence-electron chi connectivity index (χ2n) is 6.39. The number of anilines is 2. The molecule has 126 valence electrons. The molecule has 0 bridgehead atoms. The number of aryl methyl sites for hydroxylation is 1. The van der Waals surface area contributed by atoms with Gasteiger partial charge in [0.25, 0.3) is 0 Å². The first kappa shape index (κ1) is 16.5. The van der Waals surface area contributed by atoms with E-state index >= 15 is 0 Å². The highest BCUT2D eigenvalue weighted by Gasteiger charge is 2.04. The summed E-state index contributed by atoms with van der Waals surface area (Å²) in [5, 5.41) is 6.69. The molecule has 0 radical (unpaired) electrons. The Kier molecular flexibility index (Phi) is 5.83. The standard InChI is InChI=1S/C20H26N4/c1-16-7-9-18(10-8-16)15-23-19-12-14-22-20(24-19)21-13-11-17-5-3-2-4-6-17/h5,7-10,12,14H,2-4,6,11,13,15H2,1H3,(H2,21,22,23,24). The molecule has 0 aliphatic heterocycles. The van der Waals surface area contributed by atoms with Crippen LogP contribution in [0.2, 0.25) is 0 Å². The Balaban J connectivity index is 1.48. The lowest BCUT2D eigenvalue weighted by atomic mass is 9.97. The van der Waals surface area contributed by atoms with Crippen LogP contribution in [0.5, 0.6) is 0 Å². The summed E-state index contributed by atoms with van der Waals surface area (Å²) in [5.41, 5.74) is 4.10. The van der Waals surface area contributed by atoms with Crippen molar-refractivity contribution in [3.63, 3.8) is 0 Å². The van der Waals surface area contributed by atoms with Crippen LogP contribution in [0, 0.1) is 6.92 Å². The molecule has 1 heterocycles. The van der Waals surface area contributed by atoms with Gasteiger partial charge in [-0.1, -0.05) is 41.5 Å². The smallest absolute Gasteiger partial charge is 0.224 e. The number of rotatable bonds is 7. The first-order valence-electron chi connectivity index (χ1n) is 8.84. The van der Waals surface area contributed by atoms with E-state index in [0.29, 0.717) is 5.95 Å². The third kappa shape index (κ3) is 5.08. The van der Waals surface area contributed by atoms with Gasteiger partial charge in [0.05, 0.1) is 0 Å². The van der Waals surface area contributed by atoms with Crippen LogP contribution in [0.15, 0.2) is 48.2 Å². The van der Waals surface area contributed by atoms with Crippen LogP contribution >= 0.6 is 0 Å². The van der Waals surface area contributed by atoms with E-state index in [9.17, 15) is 0 Å². The van der Waals surface area contributed by atoms with Gasteiger partial charge in [-0.25, -0.2) is 4.98 Å². The van der Waals surface area contributed by atoms with Crippen LogP contribution in [0.4, 0.5) is 11.8 Å². The Hall–Kier alpha value is -2.36. The Labute approximate surface area is 144 Å². The van der Waals surface area contributed by atoms with Crippen molar-refractivity contribution >= 4 is 11.8 Å². The highest BCUT2D eigenvalue weighted by atomic mass is 15.1. The first-order valence-corrected chi connectivity index (χ1v) is 8.84. The molecule has 0 spiro atoms. The molecule has 4 nitrogen and oxygen atoms in total. The normalized spacial score (nSPS) is 14.1. The molecular weight excluding hydrogens is 296 g/mol. The van der Waals surface area contributed by atoms with Crippen LogP contribution in [0.3, 0.4) is 0 Å². The fourth-order valence-electron chi connectivity index (χ4n) is 2.91. The van der Waals surface area contributed by atoms with Gasteiger partial charge in [-0.15, -0.1) is 0 Å². The number of nitrogens with zero attached hydrogens (tertiary/aromatic N) is 2. The number of aromatic nitrogens is 2. The van der Waals surface area contributed by atoms with Crippen LogP contribution in [0.1, 0.15) is 43.2 Å². The predicted molar refractivity (Wildman–Crippen MR) is 100 cm³/mol. The molecule has 3 rings (SSSR count). The van der Waals surface area contributed by atoms with E-state index in [1.54, 1.807) is 11.8 Å². The van der Waals surface area contributed by atoms with Crippen molar-refractivity contribution in [1.29, 1.82) is 0 Å². The molecular formula is C20H26N4. The molecule has 1 aromatic heterocycles. The highest BCUT2D eigenvalue weighted by Crippen LogP contribution is 2.20. The maximum atomic E-state index is 4.54. The summed E-state index contributed by atoms with van der Waals surface area (Å²) in [7, 11) is 0. The Bertz CT molecular complexity index is 676. The lowest BCUT2D eigenvalue weighted by molar-refractivity contribution is 0.679. The number of hydrogen-bond acceptors (Lipinski definition) is 4. The average molecular weight is 322 g/mol. The van der Waals surface area contributed by atoms with E-state index in [0.717, 1.165) is 25.3 Å². The van der Waals surface area contributed by atoms with Crippen molar-refractivity contribution in [3.8, 4) is 0 Å². The van der Waals surface area contributed by atoms with E-state index in [1.807, 2.05) is 6.07 Å². The summed E-state index contributed by atoms with van der Waals surface area (Å²) >= 11 is 0. The molecule has 0 saturated carbocycles. The maximum absolute atomic E-state index is 4.54. The molecule has 1 aliphatic rings. The first-order chi connectivity index (χ1) is 11.8. The van der Waals surface area contributed by atoms with E-state index in [4.69, 9.17) is 0 Å². The summed E-state index contributed by atoms with van der Waals surface area (Å²) in [4.78, 5) is 8.84. The van der Waals surface area contributed by atoms with Crippen LogP contribution < -0.4 is 10.6 Å². The minimum absolute atomic E-state index is 0.695. The lowest BCUT2D eigenvalue weighted by Crippen LogP contribution is -2.09. The summed E-state index contributed by atoms with van der Waals surface area (Å²) in [6, 6.07) is 10.4. The molecule has 24 heavy (non-hydrogen) atoms. The topological polar surface area (TPSA) is 49.8 Å². The highest BCUT2D eigenvalue weighted by molar-refractivity contribution is 5.40. The molecule has 2 aromatic rings. The monoisotopic (exact) mass is 322 g/mol. The van der Waals surface area contributed by atoms with Crippen molar-refractivity contribution in [1.82, 2.24) is 9.97 Å². The van der Waals surface area contributed by atoms with Crippen molar-refractivity contribution in [2.75, 3.05) is 17.2 Å². The zero-order chi connectivity index (χ0) is 16.6. The van der Waals surface area contributed by atoms with Gasteiger partial charge in [-0.05, 0) is 50.7 Å². The second-order valence-corrected chi connectivity index (χ2v) is 6.39. The van der Waals surface area contributed by atoms with Crippen molar-refractivity contribution in [2.45, 2.75) is 45.6 Å². The molecule has 0 saturated heterocycles. The Morgan fingerprint density at radius 1 is 1.04 bits per heavy atom. The largest absolute Gasteiger partial charge is 0.366 e. The molecule has 1 aliphatic carbocycles. The number of hydrogen-bond donors (Lipinski definition) is 2. The fourth-order valence-corrected chi connectivity index (χ4v) is 2.91. The zero-order valence-electron chi connectivity index (χ0n) is 14.4. The van der Waals surface area contributed by atoms with Crippen molar-refractivity contribution in [2.24, 2.45) is 0 Å². The van der Waals surface area contributed by atoms with E-state index < -0.39 is 0 Å². The number of nitrogens with one attached hydrogen (secondary N) is 2. The van der Waals surface area contributed by atoms with Crippen molar-refractivity contribution in [3.05, 3.63) is 59.3 Å². The minimum Gasteiger partial charge on any atom is -0.366 e. The van der Waals surface area contributed by atoms with Crippen LogP contribution in [-0.4, -0.2) is 16.5 Å². The Morgan fingerprint density at radius 2 is 1.92 bits per heavy atom. The SMILES string of the molecule is Cc1ccc(CNc2ccnc(NCCC3=CCCCC3)n2)cc1. The number of allylic oxidation sites excluding steroid dienone is 1. The molecule has 0 amide bonds. The third-order valence-corrected chi connectivity index (χ3v) is 4.36. The number of benzene rings is 1. The van der Waals surface area contributed by atoms with Gasteiger partial charge in [0, 0.05) is 19.3 Å². The summed E-state index contributed by atoms with van der Waals surface area (Å²) < 4.78 is 0. The summed E-state index contributed by atoms with van der Waals surface area (Å²) in [6.45, 7) is 3.76. The minimum atomic E-state index is 0.695. The molecule has 0 atom stereocenters. The van der Waals surface area contributed by atoms with E-state index in [1.165, 1.54) is 36.8 Å². The van der Waals surface area contributed by atoms with Gasteiger partial charge < -0.3 is 10.6 Å². The van der Waals surface area contributed by atoms with Gasteiger partial charge in [-0.3, -0.25) is 0 Å². The summed E-state index contributed by atoms with van der Waals surface area (Å²) in [6.07, 6.45) is 10.4. The lowest BCUT2D eigenvalue weighted by Gasteiger charge is -2.13. The molecule has 1 aromatic carbocycles. The van der Waals surface area contributed by atoms with Crippen LogP contribution in [0.25, 0.3) is 0 Å². The van der Waals surface area contributed by atoms with Gasteiger partial charge >= 0.3 is 0 Å². The third-order valence-electron chi connectivity index (χ3n) is 4.36. The second kappa shape index (κ2) is 8.48. The van der Waals surface area contributed by atoms with Gasteiger partial charge in [-0.2, -0.15) is 4.98 Å². The molecule has 2 N–H and O–H groups in total. The van der Waals surface area contributed by atoms with Gasteiger partial charge in [0.2, 0.25) is 5.95 Å². The van der Waals surface area contributed by atoms with Gasteiger partial charge in [0.15, 0.2) is 0 Å². The molecule has 4 heteroatoms. The maximum Gasteiger partial charge on any atom is 0.224 e. The Morgan fingerprint density at radius 3 is 2.71 bits per heavy atom. The van der Waals surface area contributed by atoms with Gasteiger partial charge in [0.1, 0.15) is 5.82 Å². The quantitative estimate of drug-likeness (QED) is 0.726. The molecule has 0 fully saturated rings. The van der Waals surface area contributed by atoms with E-state index in [2.05, 4.69) is 57.9 Å². The molecule has 0 unspecified atom stereocenters. The van der Waals surface area contributed by atoms with E-state index in [-0.39, 0.29) is 0 Å². The zero-order valence-corrected chi connectivity index (χ0v) is 14.4. The fraction of sp³-hybridized carbons (Fsp3) is 0.400. The van der Waals surface area contributed by atoms with Crippen LogP contribution in [-0.2, 0) is 6.54 Å². The average Bonchev–Trinajstić information content (AvgIpc) is 2.63. The summed E-state index contributed by atoms with van der Waals surface area (Å²) in [5.74, 6) is 1.55.